The molecular formula is C19H30O. The quantitative estimate of drug-likeness (QED) is 0.677. The van der Waals surface area contributed by atoms with Crippen molar-refractivity contribution in [1.29, 1.82) is 0 Å². The first-order chi connectivity index (χ1) is 9.61. The van der Waals surface area contributed by atoms with Gasteiger partial charge in [-0.15, -0.1) is 0 Å². The zero-order valence-electron chi connectivity index (χ0n) is 13.5. The Balaban J connectivity index is 2.08. The maximum absolute atomic E-state index is 6.57. The number of ether oxygens (including phenoxy) is 1. The molecule has 112 valence electrons. The molecule has 0 saturated heterocycles. The Morgan fingerprint density at radius 1 is 1.15 bits per heavy atom. The first-order valence-electron chi connectivity index (χ1n) is 8.32. The molecule has 0 heterocycles. The van der Waals surface area contributed by atoms with E-state index in [0.717, 1.165) is 24.2 Å². The summed E-state index contributed by atoms with van der Waals surface area (Å²) in [7, 11) is 0. The summed E-state index contributed by atoms with van der Waals surface area (Å²) < 4.78 is 6.57. The highest BCUT2D eigenvalue weighted by Gasteiger charge is 2.33. The summed E-state index contributed by atoms with van der Waals surface area (Å²) in [5.74, 6) is 2.26. The fraction of sp³-hybridized carbons (Fsp3) is 0.684. The van der Waals surface area contributed by atoms with Crippen molar-refractivity contribution in [3.05, 3.63) is 35.9 Å². The van der Waals surface area contributed by atoms with Gasteiger partial charge in [-0.1, -0.05) is 64.4 Å². The molecule has 1 heteroatoms. The van der Waals surface area contributed by atoms with Crippen molar-refractivity contribution in [3.63, 3.8) is 0 Å². The Bertz CT molecular complexity index is 384. The van der Waals surface area contributed by atoms with Gasteiger partial charge in [-0.25, -0.2) is 0 Å². The molecule has 2 rings (SSSR count). The molecule has 0 spiro atoms. The Labute approximate surface area is 124 Å². The van der Waals surface area contributed by atoms with E-state index in [1.54, 1.807) is 0 Å². The molecule has 0 aromatic heterocycles. The maximum Gasteiger partial charge on any atom is 0.0826 e. The van der Waals surface area contributed by atoms with Crippen LogP contribution in [0.5, 0.6) is 0 Å². The largest absolute Gasteiger partial charge is 0.370 e. The Morgan fingerprint density at radius 3 is 2.45 bits per heavy atom. The van der Waals surface area contributed by atoms with E-state index in [0.29, 0.717) is 6.10 Å². The van der Waals surface area contributed by atoms with Crippen molar-refractivity contribution in [2.75, 3.05) is 0 Å². The second kappa shape index (κ2) is 7.26. The summed E-state index contributed by atoms with van der Waals surface area (Å²) in [5, 5.41) is 0. The highest BCUT2D eigenvalue weighted by molar-refractivity contribution is 5.17. The summed E-state index contributed by atoms with van der Waals surface area (Å²) >= 11 is 0. The summed E-state index contributed by atoms with van der Waals surface area (Å²) in [6.07, 6.45) is 5.67. The predicted octanol–water partition coefficient (Wildman–Crippen LogP) is 5.62. The van der Waals surface area contributed by atoms with Crippen LogP contribution in [-0.4, -0.2) is 6.10 Å². The number of benzene rings is 1. The Hall–Kier alpha value is -0.820. The molecule has 20 heavy (non-hydrogen) atoms. The van der Waals surface area contributed by atoms with Crippen LogP contribution in [0, 0.1) is 17.8 Å². The van der Waals surface area contributed by atoms with Crippen molar-refractivity contribution in [2.45, 2.75) is 65.6 Å². The van der Waals surface area contributed by atoms with Crippen molar-refractivity contribution < 1.29 is 4.74 Å². The van der Waals surface area contributed by atoms with Gasteiger partial charge in [0.15, 0.2) is 0 Å². The van der Waals surface area contributed by atoms with Crippen LogP contribution in [0.2, 0.25) is 0 Å². The second-order valence-corrected chi connectivity index (χ2v) is 6.81. The standard InChI is InChI=1S/C19H30O/c1-5-18(16-9-7-6-8-10-16)20-19-13-15(4)11-12-17(19)14(2)3/h6-10,14-15,17-19H,5,11-13H2,1-4H3/t15-,17+,18?,19-/m1/s1. The van der Waals surface area contributed by atoms with Crippen molar-refractivity contribution in [2.24, 2.45) is 17.8 Å². The number of hydrogen-bond donors (Lipinski definition) is 0. The van der Waals surface area contributed by atoms with E-state index in [9.17, 15) is 0 Å². The third-order valence-electron chi connectivity index (χ3n) is 4.84. The van der Waals surface area contributed by atoms with E-state index in [1.165, 1.54) is 24.8 Å². The molecule has 1 aromatic carbocycles. The van der Waals surface area contributed by atoms with Gasteiger partial charge in [-0.2, -0.15) is 0 Å². The van der Waals surface area contributed by atoms with Gasteiger partial charge >= 0.3 is 0 Å². The normalized spacial score (nSPS) is 28.6. The molecule has 1 aliphatic rings. The molecular weight excluding hydrogens is 244 g/mol. The van der Waals surface area contributed by atoms with Gasteiger partial charge in [0, 0.05) is 0 Å². The van der Waals surface area contributed by atoms with Crippen molar-refractivity contribution in [3.8, 4) is 0 Å². The second-order valence-electron chi connectivity index (χ2n) is 6.81. The fourth-order valence-corrected chi connectivity index (χ4v) is 3.56. The molecule has 1 aromatic rings. The zero-order chi connectivity index (χ0) is 14.5. The van der Waals surface area contributed by atoms with Gasteiger partial charge in [0.05, 0.1) is 12.2 Å². The monoisotopic (exact) mass is 274 g/mol. The minimum absolute atomic E-state index is 0.257. The molecule has 1 fully saturated rings. The lowest BCUT2D eigenvalue weighted by atomic mass is 9.75. The maximum atomic E-state index is 6.57. The van der Waals surface area contributed by atoms with Crippen LogP contribution in [0.4, 0.5) is 0 Å². The Morgan fingerprint density at radius 2 is 1.85 bits per heavy atom. The molecule has 1 aliphatic carbocycles. The lowest BCUT2D eigenvalue weighted by Crippen LogP contribution is -2.35. The topological polar surface area (TPSA) is 9.23 Å². The summed E-state index contributed by atoms with van der Waals surface area (Å²) in [4.78, 5) is 0. The highest BCUT2D eigenvalue weighted by atomic mass is 16.5. The summed E-state index contributed by atoms with van der Waals surface area (Å²) in [6, 6.07) is 10.7. The lowest BCUT2D eigenvalue weighted by Gasteiger charge is -2.39. The summed E-state index contributed by atoms with van der Waals surface area (Å²) in [6.45, 7) is 9.30. The van der Waals surface area contributed by atoms with Crippen LogP contribution in [0.3, 0.4) is 0 Å². The Kier molecular flexibility index (Phi) is 5.65. The highest BCUT2D eigenvalue weighted by Crippen LogP contribution is 2.38. The number of hydrogen-bond acceptors (Lipinski definition) is 1. The third-order valence-corrected chi connectivity index (χ3v) is 4.84. The lowest BCUT2D eigenvalue weighted by molar-refractivity contribution is -0.0831. The first kappa shape index (κ1) is 15.6. The van der Waals surface area contributed by atoms with E-state index in [4.69, 9.17) is 4.74 Å². The van der Waals surface area contributed by atoms with Crippen molar-refractivity contribution in [1.82, 2.24) is 0 Å². The van der Waals surface area contributed by atoms with E-state index in [1.807, 2.05) is 0 Å². The van der Waals surface area contributed by atoms with Gasteiger partial charge in [0.1, 0.15) is 0 Å². The van der Waals surface area contributed by atoms with Crippen LogP contribution in [0.15, 0.2) is 30.3 Å². The van der Waals surface area contributed by atoms with Gasteiger partial charge in [0.2, 0.25) is 0 Å². The minimum atomic E-state index is 0.257. The van der Waals surface area contributed by atoms with Gasteiger partial charge < -0.3 is 4.74 Å². The number of rotatable bonds is 5. The first-order valence-corrected chi connectivity index (χ1v) is 8.32. The molecule has 0 radical (unpaired) electrons. The van der Waals surface area contributed by atoms with Gasteiger partial charge in [-0.05, 0) is 42.6 Å². The van der Waals surface area contributed by atoms with E-state index in [-0.39, 0.29) is 6.10 Å². The van der Waals surface area contributed by atoms with Crippen LogP contribution in [0.1, 0.15) is 65.0 Å². The molecule has 1 saturated carbocycles. The zero-order valence-corrected chi connectivity index (χ0v) is 13.5. The molecule has 0 amide bonds. The average molecular weight is 274 g/mol. The minimum Gasteiger partial charge on any atom is -0.370 e. The fourth-order valence-electron chi connectivity index (χ4n) is 3.56. The SMILES string of the molecule is CCC(O[C@@H]1C[C@H](C)CC[C@H]1C(C)C)c1ccccc1. The van der Waals surface area contributed by atoms with E-state index >= 15 is 0 Å². The van der Waals surface area contributed by atoms with E-state index in [2.05, 4.69) is 58.0 Å². The van der Waals surface area contributed by atoms with Crippen LogP contribution >= 0.6 is 0 Å². The predicted molar refractivity (Wildman–Crippen MR) is 85.7 cm³/mol. The smallest absolute Gasteiger partial charge is 0.0826 e. The van der Waals surface area contributed by atoms with Crippen LogP contribution in [-0.2, 0) is 4.74 Å². The van der Waals surface area contributed by atoms with E-state index < -0.39 is 0 Å². The molecule has 0 bridgehead atoms. The summed E-state index contributed by atoms with van der Waals surface area (Å²) in [5.41, 5.74) is 1.33. The molecule has 1 nitrogen and oxygen atoms in total. The van der Waals surface area contributed by atoms with Gasteiger partial charge in [0.25, 0.3) is 0 Å². The molecule has 4 atom stereocenters. The molecule has 0 N–H and O–H groups in total. The molecule has 1 unspecified atom stereocenters. The molecule has 0 aliphatic heterocycles. The van der Waals surface area contributed by atoms with Crippen molar-refractivity contribution >= 4 is 0 Å². The van der Waals surface area contributed by atoms with Crippen LogP contribution < -0.4 is 0 Å². The third kappa shape index (κ3) is 3.85. The van der Waals surface area contributed by atoms with Crippen LogP contribution in [0.25, 0.3) is 0 Å². The van der Waals surface area contributed by atoms with Gasteiger partial charge in [-0.3, -0.25) is 0 Å². The average Bonchev–Trinajstić information content (AvgIpc) is 2.45.